The van der Waals surface area contributed by atoms with Crippen molar-refractivity contribution in [2.75, 3.05) is 5.73 Å². The number of nitrogens with one attached hydrogen (secondary N) is 2. The van der Waals surface area contributed by atoms with E-state index >= 15 is 0 Å². The molecule has 0 amide bonds. The molecule has 0 bridgehead atoms. The summed E-state index contributed by atoms with van der Waals surface area (Å²) in [4.78, 5) is 14.9. The molecule has 0 radical (unpaired) electrons. The van der Waals surface area contributed by atoms with Crippen molar-refractivity contribution in [3.63, 3.8) is 0 Å². The molecular formula is C9H10FN3O. The molecular weight excluding hydrogens is 185 g/mol. The first-order chi connectivity index (χ1) is 6.68. The van der Waals surface area contributed by atoms with Crippen LogP contribution in [0.5, 0.6) is 0 Å². The maximum Gasteiger partial charge on any atom is 0.250 e. The van der Waals surface area contributed by atoms with E-state index in [9.17, 15) is 9.18 Å². The standard InChI is InChI=1S/C5H4FNO.C4H6N2/c6-4-2-1-3-5(8)7-4;5-4-2-1-3-6-4/h1-3H,(H,7,8);1-3,6H,5H2. The van der Waals surface area contributed by atoms with Crippen LogP contribution >= 0.6 is 0 Å². The first kappa shape index (κ1) is 10.0. The van der Waals surface area contributed by atoms with Gasteiger partial charge >= 0.3 is 0 Å². The number of aromatic amines is 2. The third-order valence-corrected chi connectivity index (χ3v) is 1.35. The second kappa shape index (κ2) is 4.86. The summed E-state index contributed by atoms with van der Waals surface area (Å²) in [7, 11) is 0. The van der Waals surface area contributed by atoms with Crippen molar-refractivity contribution in [3.05, 3.63) is 52.8 Å². The number of nitrogens with two attached hydrogens (primary N) is 1. The lowest BCUT2D eigenvalue weighted by atomic mass is 10.5. The van der Waals surface area contributed by atoms with Gasteiger partial charge in [0, 0.05) is 12.3 Å². The molecule has 0 aliphatic rings. The Morgan fingerprint density at radius 3 is 2.29 bits per heavy atom. The highest BCUT2D eigenvalue weighted by Crippen LogP contribution is 1.90. The van der Waals surface area contributed by atoms with E-state index < -0.39 is 11.5 Å². The molecule has 74 valence electrons. The molecule has 0 fully saturated rings. The van der Waals surface area contributed by atoms with Crippen LogP contribution in [0.4, 0.5) is 10.2 Å². The predicted molar refractivity (Wildman–Crippen MR) is 52.2 cm³/mol. The van der Waals surface area contributed by atoms with Gasteiger partial charge in [0.05, 0.1) is 0 Å². The maximum absolute atomic E-state index is 11.9. The molecule has 0 atom stereocenters. The molecule has 0 saturated carbocycles. The van der Waals surface area contributed by atoms with E-state index in [4.69, 9.17) is 5.73 Å². The number of halogens is 1. The fourth-order valence-corrected chi connectivity index (χ4v) is 0.765. The molecule has 0 saturated heterocycles. The van der Waals surface area contributed by atoms with E-state index in [1.165, 1.54) is 18.2 Å². The zero-order valence-electron chi connectivity index (χ0n) is 7.33. The van der Waals surface area contributed by atoms with E-state index in [2.05, 4.69) is 4.98 Å². The van der Waals surface area contributed by atoms with E-state index in [0.29, 0.717) is 0 Å². The van der Waals surface area contributed by atoms with Gasteiger partial charge in [-0.05, 0) is 18.2 Å². The molecule has 2 rings (SSSR count). The molecule has 4 N–H and O–H groups in total. The zero-order valence-corrected chi connectivity index (χ0v) is 7.33. The van der Waals surface area contributed by atoms with Gasteiger partial charge in [-0.15, -0.1) is 0 Å². The number of rotatable bonds is 0. The zero-order chi connectivity index (χ0) is 10.4. The van der Waals surface area contributed by atoms with Crippen LogP contribution in [-0.2, 0) is 0 Å². The topological polar surface area (TPSA) is 74.7 Å². The minimum absolute atomic E-state index is 0.412. The van der Waals surface area contributed by atoms with Gasteiger partial charge in [0.25, 0.3) is 0 Å². The maximum atomic E-state index is 11.9. The predicted octanol–water partition coefficient (Wildman–Crippen LogP) is 1.11. The van der Waals surface area contributed by atoms with Crippen LogP contribution in [0.15, 0.2) is 41.3 Å². The smallest absolute Gasteiger partial charge is 0.250 e. The van der Waals surface area contributed by atoms with Gasteiger partial charge in [-0.25, -0.2) is 0 Å². The normalized spacial score (nSPS) is 8.93. The van der Waals surface area contributed by atoms with Gasteiger partial charge in [0.1, 0.15) is 5.82 Å². The minimum atomic E-state index is -0.600. The van der Waals surface area contributed by atoms with Crippen molar-refractivity contribution in [3.8, 4) is 0 Å². The Kier molecular flexibility index (Phi) is 3.49. The second-order valence-electron chi connectivity index (χ2n) is 2.49. The molecule has 0 aromatic carbocycles. The number of nitrogen functional groups attached to an aromatic ring is 1. The van der Waals surface area contributed by atoms with Gasteiger partial charge < -0.3 is 10.7 Å². The van der Waals surface area contributed by atoms with Crippen LogP contribution < -0.4 is 11.3 Å². The molecule has 0 aliphatic carbocycles. The average molecular weight is 195 g/mol. The average Bonchev–Trinajstić information content (AvgIpc) is 2.56. The fraction of sp³-hybridized carbons (Fsp3) is 0. The van der Waals surface area contributed by atoms with Crippen molar-refractivity contribution in [1.82, 2.24) is 9.97 Å². The third-order valence-electron chi connectivity index (χ3n) is 1.35. The fourth-order valence-electron chi connectivity index (χ4n) is 0.765. The van der Waals surface area contributed by atoms with Crippen LogP contribution in [0.2, 0.25) is 0 Å². The van der Waals surface area contributed by atoms with Gasteiger partial charge in [-0.2, -0.15) is 4.39 Å². The highest BCUT2D eigenvalue weighted by atomic mass is 19.1. The van der Waals surface area contributed by atoms with Crippen LogP contribution in [0.1, 0.15) is 0 Å². The summed E-state index contributed by atoms with van der Waals surface area (Å²) in [5.74, 6) is 0.118. The first-order valence-electron chi connectivity index (χ1n) is 3.92. The summed E-state index contributed by atoms with van der Waals surface area (Å²) in [5.41, 5.74) is 4.81. The highest BCUT2D eigenvalue weighted by molar-refractivity contribution is 5.26. The molecule has 5 heteroatoms. The Morgan fingerprint density at radius 2 is 2.00 bits per heavy atom. The lowest BCUT2D eigenvalue weighted by Gasteiger charge is -1.80. The molecule has 0 aliphatic heterocycles. The van der Waals surface area contributed by atoms with Crippen molar-refractivity contribution in [2.45, 2.75) is 0 Å². The van der Waals surface area contributed by atoms with Crippen molar-refractivity contribution >= 4 is 5.82 Å². The summed E-state index contributed by atoms with van der Waals surface area (Å²) >= 11 is 0. The summed E-state index contributed by atoms with van der Waals surface area (Å²) < 4.78 is 11.9. The van der Waals surface area contributed by atoms with Crippen LogP contribution in [0.25, 0.3) is 0 Å². The Balaban J connectivity index is 0.000000146. The van der Waals surface area contributed by atoms with Crippen molar-refractivity contribution in [2.24, 2.45) is 0 Å². The Bertz CT molecular complexity index is 422. The quantitative estimate of drug-likeness (QED) is 0.551. The molecule has 2 heterocycles. The SMILES string of the molecule is Nc1ccc[nH]1.O=c1cccc(F)[nH]1. The number of pyridine rings is 1. The summed E-state index contributed by atoms with van der Waals surface area (Å²) in [6, 6.07) is 7.45. The number of H-pyrrole nitrogens is 2. The summed E-state index contributed by atoms with van der Waals surface area (Å²) in [5, 5.41) is 0. The van der Waals surface area contributed by atoms with Crippen LogP contribution in [0.3, 0.4) is 0 Å². The minimum Gasteiger partial charge on any atom is -0.385 e. The Morgan fingerprint density at radius 1 is 1.21 bits per heavy atom. The van der Waals surface area contributed by atoms with Crippen molar-refractivity contribution < 1.29 is 4.39 Å². The largest absolute Gasteiger partial charge is 0.385 e. The third kappa shape index (κ3) is 3.57. The summed E-state index contributed by atoms with van der Waals surface area (Å²) in [6.07, 6.45) is 1.79. The molecule has 0 unspecified atom stereocenters. The molecule has 14 heavy (non-hydrogen) atoms. The Labute approximate surface area is 79.6 Å². The number of hydrogen-bond donors (Lipinski definition) is 3. The van der Waals surface area contributed by atoms with Gasteiger partial charge in [-0.1, -0.05) is 6.07 Å². The molecule has 2 aromatic rings. The summed E-state index contributed by atoms with van der Waals surface area (Å²) in [6.45, 7) is 0. The lowest BCUT2D eigenvalue weighted by molar-refractivity contribution is 0.579. The number of anilines is 1. The Hall–Kier alpha value is -2.04. The van der Waals surface area contributed by atoms with Gasteiger partial charge in [-0.3, -0.25) is 9.78 Å². The van der Waals surface area contributed by atoms with E-state index in [1.807, 2.05) is 11.1 Å². The molecule has 4 nitrogen and oxygen atoms in total. The van der Waals surface area contributed by atoms with E-state index in [1.54, 1.807) is 12.3 Å². The number of aromatic nitrogens is 2. The first-order valence-corrected chi connectivity index (χ1v) is 3.92. The van der Waals surface area contributed by atoms with Gasteiger partial charge in [0.15, 0.2) is 5.95 Å². The van der Waals surface area contributed by atoms with E-state index in [-0.39, 0.29) is 0 Å². The second-order valence-corrected chi connectivity index (χ2v) is 2.49. The van der Waals surface area contributed by atoms with Crippen LogP contribution in [0, 0.1) is 5.95 Å². The van der Waals surface area contributed by atoms with E-state index in [0.717, 1.165) is 5.82 Å². The lowest BCUT2D eigenvalue weighted by Crippen LogP contribution is -2.03. The molecule has 2 aromatic heterocycles. The van der Waals surface area contributed by atoms with Gasteiger partial charge in [0.2, 0.25) is 5.56 Å². The molecule has 0 spiro atoms. The highest BCUT2D eigenvalue weighted by Gasteiger charge is 1.83. The van der Waals surface area contributed by atoms with Crippen LogP contribution in [-0.4, -0.2) is 9.97 Å². The number of hydrogen-bond acceptors (Lipinski definition) is 2. The monoisotopic (exact) mass is 195 g/mol. The van der Waals surface area contributed by atoms with Crippen molar-refractivity contribution in [1.29, 1.82) is 0 Å².